The first-order valence-corrected chi connectivity index (χ1v) is 5.92. The fourth-order valence-corrected chi connectivity index (χ4v) is 2.44. The minimum Gasteiger partial charge on any atom is -0.484 e. The first-order valence-electron chi connectivity index (χ1n) is 5.54. The van der Waals surface area contributed by atoms with E-state index in [0.717, 1.165) is 26.8 Å². The maximum Gasteiger partial charge on any atom is 0.143 e. The van der Waals surface area contributed by atoms with Crippen LogP contribution in [0.4, 0.5) is 0 Å². The average Bonchev–Trinajstić information content (AvgIpc) is 2.38. The molecular formula is C14H12ClNO. The molecule has 2 nitrogen and oxygen atoms in total. The number of nitrogens with two attached hydrogens (primary N) is 1. The lowest BCUT2D eigenvalue weighted by atomic mass is 9.98. The van der Waals surface area contributed by atoms with Crippen molar-refractivity contribution in [1.82, 2.24) is 0 Å². The van der Waals surface area contributed by atoms with Crippen molar-refractivity contribution < 1.29 is 4.74 Å². The molecule has 0 radical (unpaired) electrons. The van der Waals surface area contributed by atoms with Gasteiger partial charge in [-0.2, -0.15) is 0 Å². The summed E-state index contributed by atoms with van der Waals surface area (Å²) in [6, 6.07) is 8.11. The minimum absolute atomic E-state index is 0.0639. The molecule has 86 valence electrons. The first kappa shape index (κ1) is 10.6. The Morgan fingerprint density at radius 1 is 1.24 bits per heavy atom. The zero-order valence-electron chi connectivity index (χ0n) is 9.19. The van der Waals surface area contributed by atoms with Crippen LogP contribution in [0.15, 0.2) is 47.5 Å². The van der Waals surface area contributed by atoms with Crippen molar-refractivity contribution in [1.29, 1.82) is 0 Å². The molecule has 1 aliphatic carbocycles. The van der Waals surface area contributed by atoms with E-state index in [1.165, 1.54) is 0 Å². The summed E-state index contributed by atoms with van der Waals surface area (Å²) >= 11 is 6.04. The van der Waals surface area contributed by atoms with E-state index in [1.54, 1.807) is 0 Å². The normalized spacial score (nSPS) is 21.5. The minimum atomic E-state index is -0.0639. The van der Waals surface area contributed by atoms with Crippen molar-refractivity contribution in [3.05, 3.63) is 58.0 Å². The van der Waals surface area contributed by atoms with Crippen LogP contribution in [0.3, 0.4) is 0 Å². The van der Waals surface area contributed by atoms with Gasteiger partial charge in [-0.1, -0.05) is 35.9 Å². The van der Waals surface area contributed by atoms with Gasteiger partial charge in [-0.15, -0.1) is 0 Å². The van der Waals surface area contributed by atoms with Gasteiger partial charge in [0.2, 0.25) is 0 Å². The van der Waals surface area contributed by atoms with E-state index in [0.29, 0.717) is 6.54 Å². The van der Waals surface area contributed by atoms with E-state index in [2.05, 4.69) is 6.07 Å². The highest BCUT2D eigenvalue weighted by Gasteiger charge is 2.21. The SMILES string of the molecule is NCC1=c2ccccc2=C2C=C(Cl)C=CC2O1. The lowest BCUT2D eigenvalue weighted by molar-refractivity contribution is 0.248. The Labute approximate surface area is 104 Å². The van der Waals surface area contributed by atoms with Gasteiger partial charge in [0.05, 0.1) is 6.54 Å². The molecule has 1 aromatic carbocycles. The summed E-state index contributed by atoms with van der Waals surface area (Å²) in [5, 5.41) is 2.95. The third-order valence-electron chi connectivity index (χ3n) is 3.02. The molecule has 0 bridgehead atoms. The quantitative estimate of drug-likeness (QED) is 0.801. The summed E-state index contributed by atoms with van der Waals surface area (Å²) < 4.78 is 5.88. The first-order chi connectivity index (χ1) is 8.29. The van der Waals surface area contributed by atoms with Crippen LogP contribution in [0.5, 0.6) is 0 Å². The summed E-state index contributed by atoms with van der Waals surface area (Å²) in [6.07, 6.45) is 5.71. The molecule has 1 aromatic rings. The summed E-state index contributed by atoms with van der Waals surface area (Å²) in [7, 11) is 0. The molecule has 17 heavy (non-hydrogen) atoms. The summed E-state index contributed by atoms with van der Waals surface area (Å²) in [5.74, 6) is 0.838. The maximum atomic E-state index is 6.04. The second kappa shape index (κ2) is 4.06. The van der Waals surface area contributed by atoms with Gasteiger partial charge in [-0.05, 0) is 23.4 Å². The highest BCUT2D eigenvalue weighted by Crippen LogP contribution is 2.24. The molecule has 0 amide bonds. The van der Waals surface area contributed by atoms with Gasteiger partial charge >= 0.3 is 0 Å². The van der Waals surface area contributed by atoms with Crippen LogP contribution in [0.25, 0.3) is 11.3 Å². The van der Waals surface area contributed by atoms with Crippen LogP contribution in [0, 0.1) is 0 Å². The smallest absolute Gasteiger partial charge is 0.143 e. The van der Waals surface area contributed by atoms with Gasteiger partial charge in [-0.3, -0.25) is 0 Å². The Hall–Kier alpha value is -1.51. The number of benzene rings is 1. The summed E-state index contributed by atoms with van der Waals surface area (Å²) in [4.78, 5) is 0. The number of hydrogen-bond donors (Lipinski definition) is 1. The van der Waals surface area contributed by atoms with Gasteiger partial charge < -0.3 is 10.5 Å². The van der Waals surface area contributed by atoms with Crippen LogP contribution >= 0.6 is 11.6 Å². The second-order valence-corrected chi connectivity index (χ2v) is 4.49. The van der Waals surface area contributed by atoms with Gasteiger partial charge in [-0.25, -0.2) is 0 Å². The van der Waals surface area contributed by atoms with Crippen LogP contribution in [-0.4, -0.2) is 12.6 Å². The monoisotopic (exact) mass is 245 g/mol. The van der Waals surface area contributed by atoms with Gasteiger partial charge in [0.25, 0.3) is 0 Å². The molecule has 1 aliphatic heterocycles. The van der Waals surface area contributed by atoms with E-state index in [1.807, 2.05) is 36.4 Å². The van der Waals surface area contributed by atoms with Crippen molar-refractivity contribution in [3.8, 4) is 0 Å². The Bertz CT molecular complexity index is 642. The number of rotatable bonds is 1. The third kappa shape index (κ3) is 1.70. The molecular weight excluding hydrogens is 234 g/mol. The molecule has 3 heteroatoms. The van der Waals surface area contributed by atoms with E-state index in [-0.39, 0.29) is 6.10 Å². The van der Waals surface area contributed by atoms with Crippen molar-refractivity contribution in [3.63, 3.8) is 0 Å². The molecule has 1 unspecified atom stereocenters. The van der Waals surface area contributed by atoms with Gasteiger partial charge in [0, 0.05) is 15.8 Å². The van der Waals surface area contributed by atoms with Gasteiger partial charge in [0.1, 0.15) is 11.9 Å². The predicted molar refractivity (Wildman–Crippen MR) is 69.5 cm³/mol. The van der Waals surface area contributed by atoms with Gasteiger partial charge in [0.15, 0.2) is 0 Å². The summed E-state index contributed by atoms with van der Waals surface area (Å²) in [6.45, 7) is 0.409. The van der Waals surface area contributed by atoms with E-state index in [9.17, 15) is 0 Å². The molecule has 1 atom stereocenters. The third-order valence-corrected chi connectivity index (χ3v) is 3.26. The number of hydrogen-bond acceptors (Lipinski definition) is 2. The number of halogens is 1. The molecule has 0 fully saturated rings. The van der Waals surface area contributed by atoms with Crippen LogP contribution in [0.2, 0.25) is 0 Å². The molecule has 2 N–H and O–H groups in total. The zero-order chi connectivity index (χ0) is 11.8. The average molecular weight is 246 g/mol. The molecule has 0 saturated carbocycles. The molecule has 0 aromatic heterocycles. The molecule has 2 aliphatic rings. The molecule has 1 heterocycles. The number of ether oxygens (including phenoxy) is 1. The summed E-state index contributed by atoms with van der Waals surface area (Å²) in [5.41, 5.74) is 6.83. The Kier molecular flexibility index (Phi) is 2.54. The Morgan fingerprint density at radius 3 is 2.76 bits per heavy atom. The van der Waals surface area contributed by atoms with Crippen molar-refractivity contribution >= 4 is 22.9 Å². The highest BCUT2D eigenvalue weighted by molar-refractivity contribution is 6.32. The number of fused-ring (bicyclic) bond motifs is 2. The lowest BCUT2D eigenvalue weighted by Crippen LogP contribution is -2.40. The standard InChI is InChI=1S/C14H12ClNO/c15-9-5-6-13-12(7-9)10-3-1-2-4-11(10)14(8-16)17-13/h1-7,13H,8,16H2. The largest absolute Gasteiger partial charge is 0.484 e. The zero-order valence-corrected chi connectivity index (χ0v) is 9.95. The van der Waals surface area contributed by atoms with Crippen LogP contribution < -0.4 is 16.2 Å². The molecule has 0 saturated heterocycles. The number of allylic oxidation sites excluding steroid dienone is 2. The Morgan fingerprint density at radius 2 is 2.00 bits per heavy atom. The van der Waals surface area contributed by atoms with E-state index >= 15 is 0 Å². The van der Waals surface area contributed by atoms with E-state index < -0.39 is 0 Å². The maximum absolute atomic E-state index is 6.04. The van der Waals surface area contributed by atoms with Crippen molar-refractivity contribution in [2.24, 2.45) is 5.73 Å². The van der Waals surface area contributed by atoms with Crippen LogP contribution in [0.1, 0.15) is 0 Å². The molecule has 0 spiro atoms. The topological polar surface area (TPSA) is 35.2 Å². The fraction of sp³-hybridized carbons (Fsp3) is 0.143. The van der Waals surface area contributed by atoms with Crippen molar-refractivity contribution in [2.45, 2.75) is 6.10 Å². The molecule has 3 rings (SSSR count). The second-order valence-electron chi connectivity index (χ2n) is 4.06. The Balaban J connectivity index is 2.40. The lowest BCUT2D eigenvalue weighted by Gasteiger charge is -2.25. The van der Waals surface area contributed by atoms with Crippen LogP contribution in [-0.2, 0) is 4.74 Å². The predicted octanol–water partition coefficient (Wildman–Crippen LogP) is 0.995. The van der Waals surface area contributed by atoms with Crippen molar-refractivity contribution in [2.75, 3.05) is 6.54 Å². The highest BCUT2D eigenvalue weighted by atomic mass is 35.5. The fourth-order valence-electron chi connectivity index (χ4n) is 2.25. The van der Waals surface area contributed by atoms with E-state index in [4.69, 9.17) is 22.1 Å².